The van der Waals surface area contributed by atoms with Gasteiger partial charge in [0.2, 0.25) is 0 Å². The van der Waals surface area contributed by atoms with E-state index < -0.39 is 6.10 Å². The van der Waals surface area contributed by atoms with Crippen LogP contribution in [0.3, 0.4) is 0 Å². The Hall–Kier alpha value is -2.37. The third kappa shape index (κ3) is 3.93. The lowest BCUT2D eigenvalue weighted by Crippen LogP contribution is -2.45. The second-order valence-electron chi connectivity index (χ2n) is 6.40. The molecule has 24 heavy (non-hydrogen) atoms. The number of carbonyl (C=O) groups is 1. The molecule has 2 heterocycles. The molecule has 1 aromatic heterocycles. The maximum Gasteiger partial charge on any atom is 0.263 e. The fourth-order valence-corrected chi connectivity index (χ4v) is 3.12. The van der Waals surface area contributed by atoms with Gasteiger partial charge >= 0.3 is 0 Å². The van der Waals surface area contributed by atoms with Crippen LogP contribution in [0.4, 0.5) is 0 Å². The average molecular weight is 328 g/mol. The van der Waals surface area contributed by atoms with E-state index in [0.717, 1.165) is 43.9 Å². The third-order valence-corrected chi connectivity index (χ3v) is 4.61. The fourth-order valence-electron chi connectivity index (χ4n) is 3.12. The van der Waals surface area contributed by atoms with Crippen LogP contribution < -0.4 is 4.74 Å². The van der Waals surface area contributed by atoms with Crippen molar-refractivity contribution in [2.24, 2.45) is 13.0 Å². The average Bonchev–Trinajstić information content (AvgIpc) is 3.00. The van der Waals surface area contributed by atoms with Crippen molar-refractivity contribution in [2.45, 2.75) is 32.3 Å². The van der Waals surface area contributed by atoms with Gasteiger partial charge in [-0.1, -0.05) is 18.2 Å². The topological polar surface area (TPSA) is 60.2 Å². The minimum Gasteiger partial charge on any atom is -0.481 e. The molecule has 0 bridgehead atoms. The van der Waals surface area contributed by atoms with E-state index in [9.17, 15) is 4.79 Å². The monoisotopic (exact) mass is 328 g/mol. The lowest BCUT2D eigenvalue weighted by molar-refractivity contribution is -0.139. The van der Waals surface area contributed by atoms with Crippen LogP contribution in [-0.4, -0.2) is 44.8 Å². The Morgan fingerprint density at radius 2 is 2.00 bits per heavy atom. The highest BCUT2D eigenvalue weighted by Gasteiger charge is 2.27. The van der Waals surface area contributed by atoms with Crippen LogP contribution in [0.15, 0.2) is 36.7 Å². The van der Waals surface area contributed by atoms with E-state index in [0.29, 0.717) is 5.92 Å². The van der Waals surface area contributed by atoms with Gasteiger partial charge in [0.15, 0.2) is 6.10 Å². The Balaban J connectivity index is 1.49. The lowest BCUT2D eigenvalue weighted by atomic mass is 9.93. The molecule has 0 spiro atoms. The maximum atomic E-state index is 12.6. The molecule has 1 amide bonds. The summed E-state index contributed by atoms with van der Waals surface area (Å²) in [5.41, 5.74) is 0. The molecule has 128 valence electrons. The maximum absolute atomic E-state index is 12.6. The summed E-state index contributed by atoms with van der Waals surface area (Å²) in [6.07, 6.45) is 4.20. The first-order chi connectivity index (χ1) is 11.6. The van der Waals surface area contributed by atoms with Crippen molar-refractivity contribution in [3.8, 4) is 5.75 Å². The van der Waals surface area contributed by atoms with E-state index >= 15 is 0 Å². The van der Waals surface area contributed by atoms with Gasteiger partial charge in [0.05, 0.1) is 0 Å². The van der Waals surface area contributed by atoms with Gasteiger partial charge in [0.1, 0.15) is 17.9 Å². The van der Waals surface area contributed by atoms with Gasteiger partial charge in [0, 0.05) is 26.6 Å². The Labute approximate surface area is 142 Å². The van der Waals surface area contributed by atoms with E-state index in [2.05, 4.69) is 10.2 Å². The summed E-state index contributed by atoms with van der Waals surface area (Å²) >= 11 is 0. The molecule has 6 heteroatoms. The molecule has 0 N–H and O–H groups in total. The minimum absolute atomic E-state index is 0.0657. The van der Waals surface area contributed by atoms with Crippen LogP contribution in [0.25, 0.3) is 0 Å². The normalized spacial score (nSPS) is 16.8. The Morgan fingerprint density at radius 1 is 1.29 bits per heavy atom. The van der Waals surface area contributed by atoms with Gasteiger partial charge in [-0.05, 0) is 37.8 Å². The van der Waals surface area contributed by atoms with Crippen molar-refractivity contribution in [2.75, 3.05) is 13.1 Å². The number of aryl methyl sites for hydroxylation is 1. The second kappa shape index (κ2) is 7.47. The number of carbonyl (C=O) groups excluding carboxylic acids is 1. The number of nitrogens with zero attached hydrogens (tertiary/aromatic N) is 4. The van der Waals surface area contributed by atoms with Crippen molar-refractivity contribution < 1.29 is 9.53 Å². The van der Waals surface area contributed by atoms with Crippen LogP contribution in [0.5, 0.6) is 5.75 Å². The summed E-state index contributed by atoms with van der Waals surface area (Å²) in [5.74, 6) is 2.37. The molecule has 0 aliphatic carbocycles. The molecule has 1 aliphatic rings. The van der Waals surface area contributed by atoms with E-state index in [-0.39, 0.29) is 5.91 Å². The highest BCUT2D eigenvalue weighted by atomic mass is 16.5. The molecule has 2 aromatic rings. The summed E-state index contributed by atoms with van der Waals surface area (Å²) < 4.78 is 7.71. The first-order valence-electron chi connectivity index (χ1n) is 8.47. The van der Waals surface area contributed by atoms with Gasteiger partial charge in [-0.15, -0.1) is 10.2 Å². The number of amides is 1. The molecule has 1 aliphatic heterocycles. The zero-order valence-electron chi connectivity index (χ0n) is 14.3. The van der Waals surface area contributed by atoms with Crippen LogP contribution >= 0.6 is 0 Å². The van der Waals surface area contributed by atoms with E-state index in [1.807, 2.05) is 53.8 Å². The summed E-state index contributed by atoms with van der Waals surface area (Å²) in [7, 11) is 1.97. The molecule has 1 saturated heterocycles. The zero-order chi connectivity index (χ0) is 16.9. The highest BCUT2D eigenvalue weighted by Crippen LogP contribution is 2.22. The van der Waals surface area contributed by atoms with Crippen molar-refractivity contribution in [3.05, 3.63) is 42.5 Å². The van der Waals surface area contributed by atoms with Crippen LogP contribution in [0.2, 0.25) is 0 Å². The van der Waals surface area contributed by atoms with Crippen LogP contribution in [-0.2, 0) is 18.3 Å². The summed E-state index contributed by atoms with van der Waals surface area (Å²) in [5, 5.41) is 8.08. The summed E-state index contributed by atoms with van der Waals surface area (Å²) in [6.45, 7) is 3.38. The van der Waals surface area contributed by atoms with Crippen molar-refractivity contribution in [1.29, 1.82) is 0 Å². The number of hydrogen-bond acceptors (Lipinski definition) is 4. The third-order valence-electron chi connectivity index (χ3n) is 4.61. The Morgan fingerprint density at radius 3 is 2.62 bits per heavy atom. The van der Waals surface area contributed by atoms with Crippen molar-refractivity contribution in [1.82, 2.24) is 19.7 Å². The fraction of sp³-hybridized carbons (Fsp3) is 0.500. The molecule has 1 aromatic carbocycles. The molecule has 1 fully saturated rings. The number of rotatable bonds is 5. The van der Waals surface area contributed by atoms with Crippen molar-refractivity contribution >= 4 is 5.91 Å². The number of para-hydroxylation sites is 1. The number of likely N-dealkylation sites (tertiary alicyclic amines) is 1. The van der Waals surface area contributed by atoms with Gasteiger partial charge in [-0.25, -0.2) is 0 Å². The minimum atomic E-state index is -0.456. The molecule has 3 rings (SSSR count). The molecule has 1 unspecified atom stereocenters. The van der Waals surface area contributed by atoms with E-state index in [1.165, 1.54) is 0 Å². The smallest absolute Gasteiger partial charge is 0.263 e. The molecular formula is C18H24N4O2. The predicted octanol–water partition coefficient (Wildman–Crippen LogP) is 2.06. The Kier molecular flexibility index (Phi) is 5.13. The first-order valence-corrected chi connectivity index (χ1v) is 8.47. The standard InChI is InChI=1S/C18H24N4O2/c1-14(24-16-6-4-3-5-7-16)18(23)22-10-8-15(9-11-22)12-17-20-19-13-21(17)2/h3-7,13-15H,8-12H2,1-2H3. The number of hydrogen-bond donors (Lipinski definition) is 0. The van der Waals surface area contributed by atoms with Gasteiger partial charge in [0.25, 0.3) is 5.91 Å². The quantitative estimate of drug-likeness (QED) is 0.843. The number of aromatic nitrogens is 3. The van der Waals surface area contributed by atoms with E-state index in [1.54, 1.807) is 6.33 Å². The number of benzene rings is 1. The first kappa shape index (κ1) is 16.5. The predicted molar refractivity (Wildman–Crippen MR) is 90.5 cm³/mol. The summed E-state index contributed by atoms with van der Waals surface area (Å²) in [6, 6.07) is 9.49. The molecule has 6 nitrogen and oxygen atoms in total. The molecule has 0 saturated carbocycles. The highest BCUT2D eigenvalue weighted by molar-refractivity contribution is 5.81. The van der Waals surface area contributed by atoms with Gasteiger partial charge in [-0.3, -0.25) is 4.79 Å². The number of ether oxygens (including phenoxy) is 1. The van der Waals surface area contributed by atoms with Crippen molar-refractivity contribution in [3.63, 3.8) is 0 Å². The molecular weight excluding hydrogens is 304 g/mol. The second-order valence-corrected chi connectivity index (χ2v) is 6.40. The molecule has 1 atom stereocenters. The zero-order valence-corrected chi connectivity index (χ0v) is 14.3. The summed E-state index contributed by atoms with van der Waals surface area (Å²) in [4.78, 5) is 14.5. The lowest BCUT2D eigenvalue weighted by Gasteiger charge is -2.33. The molecule has 0 radical (unpaired) electrons. The Bertz CT molecular complexity index is 663. The SMILES string of the molecule is CC(Oc1ccccc1)C(=O)N1CCC(Cc2nncn2C)CC1. The van der Waals surface area contributed by atoms with E-state index in [4.69, 9.17) is 4.74 Å². The van der Waals surface area contributed by atoms with Crippen LogP contribution in [0, 0.1) is 5.92 Å². The van der Waals surface area contributed by atoms with Gasteiger partial charge in [-0.2, -0.15) is 0 Å². The van der Waals surface area contributed by atoms with Crippen LogP contribution in [0.1, 0.15) is 25.6 Å². The number of piperidine rings is 1. The van der Waals surface area contributed by atoms with Gasteiger partial charge < -0.3 is 14.2 Å². The largest absolute Gasteiger partial charge is 0.481 e.